The zero-order valence-electron chi connectivity index (χ0n) is 14.4. The molecule has 24 heavy (non-hydrogen) atoms. The predicted octanol–water partition coefficient (Wildman–Crippen LogP) is 4.02. The quantitative estimate of drug-likeness (QED) is 0.636. The largest absolute Gasteiger partial charge is 0.490 e. The van der Waals surface area contributed by atoms with Crippen LogP contribution in [0.3, 0.4) is 0 Å². The molecule has 0 fully saturated rings. The molecule has 3 aromatic rings. The first-order valence-corrected chi connectivity index (χ1v) is 8.65. The highest BCUT2D eigenvalue weighted by atomic mass is 16.5. The smallest absolute Gasteiger partial charge is 0.179 e. The van der Waals surface area contributed by atoms with Crippen molar-refractivity contribution in [1.29, 1.82) is 0 Å². The molecule has 0 saturated carbocycles. The summed E-state index contributed by atoms with van der Waals surface area (Å²) in [6.45, 7) is 5.86. The molecule has 1 atom stereocenters. The third-order valence-electron chi connectivity index (χ3n) is 4.13. The van der Waals surface area contributed by atoms with Gasteiger partial charge in [-0.25, -0.2) is 4.98 Å². The van der Waals surface area contributed by atoms with E-state index >= 15 is 0 Å². The average molecular weight is 323 g/mol. The van der Waals surface area contributed by atoms with Crippen molar-refractivity contribution in [2.75, 3.05) is 13.2 Å². The Kier molecular flexibility index (Phi) is 5.49. The number of aryl methyl sites for hydroxylation is 1. The molecule has 0 aliphatic rings. The maximum atomic E-state index is 5.99. The monoisotopic (exact) mass is 323 g/mol. The van der Waals surface area contributed by atoms with Crippen molar-refractivity contribution in [3.05, 3.63) is 66.1 Å². The second-order valence-electron chi connectivity index (χ2n) is 5.99. The van der Waals surface area contributed by atoms with Crippen LogP contribution in [-0.2, 0) is 6.42 Å². The highest BCUT2D eigenvalue weighted by molar-refractivity contribution is 5.54. The van der Waals surface area contributed by atoms with Crippen LogP contribution in [0.2, 0.25) is 0 Å². The number of imidazole rings is 1. The third kappa shape index (κ3) is 3.95. The summed E-state index contributed by atoms with van der Waals surface area (Å²) in [7, 11) is 0. The van der Waals surface area contributed by atoms with Gasteiger partial charge in [-0.05, 0) is 44.0 Å². The topological polar surface area (TPSA) is 38.6 Å². The van der Waals surface area contributed by atoms with Crippen molar-refractivity contribution in [3.8, 4) is 5.75 Å². The van der Waals surface area contributed by atoms with Crippen LogP contribution in [0.5, 0.6) is 5.75 Å². The van der Waals surface area contributed by atoms with E-state index in [4.69, 9.17) is 9.72 Å². The fraction of sp³-hybridized carbons (Fsp3) is 0.350. The number of hydrogen-bond donors (Lipinski definition) is 1. The van der Waals surface area contributed by atoms with Crippen LogP contribution in [-0.4, -0.2) is 22.5 Å². The van der Waals surface area contributed by atoms with E-state index in [9.17, 15) is 0 Å². The first kappa shape index (κ1) is 16.5. The highest BCUT2D eigenvalue weighted by Gasteiger charge is 2.11. The molecular formula is C20H25N3O. The minimum atomic E-state index is 0.237. The molecule has 0 radical (unpaired) electrons. The Hall–Kier alpha value is -2.33. The maximum absolute atomic E-state index is 5.99. The predicted molar refractivity (Wildman–Crippen MR) is 97.5 cm³/mol. The highest BCUT2D eigenvalue weighted by Crippen LogP contribution is 2.21. The van der Waals surface area contributed by atoms with Crippen LogP contribution in [0.25, 0.3) is 5.65 Å². The van der Waals surface area contributed by atoms with Gasteiger partial charge >= 0.3 is 0 Å². The second-order valence-corrected chi connectivity index (χ2v) is 5.99. The molecular weight excluding hydrogens is 298 g/mol. The molecule has 3 rings (SSSR count). The van der Waals surface area contributed by atoms with Gasteiger partial charge in [0, 0.05) is 18.4 Å². The van der Waals surface area contributed by atoms with Crippen molar-refractivity contribution in [1.82, 2.24) is 14.7 Å². The summed E-state index contributed by atoms with van der Waals surface area (Å²) >= 11 is 0. The van der Waals surface area contributed by atoms with E-state index in [1.54, 1.807) is 0 Å². The van der Waals surface area contributed by atoms with Crippen LogP contribution >= 0.6 is 0 Å². The van der Waals surface area contributed by atoms with E-state index in [2.05, 4.69) is 49.6 Å². The molecule has 2 aromatic heterocycles. The van der Waals surface area contributed by atoms with E-state index < -0.39 is 0 Å². The van der Waals surface area contributed by atoms with Gasteiger partial charge in [-0.3, -0.25) is 0 Å². The van der Waals surface area contributed by atoms with Crippen molar-refractivity contribution < 1.29 is 4.74 Å². The van der Waals surface area contributed by atoms with Gasteiger partial charge in [0.1, 0.15) is 0 Å². The lowest BCUT2D eigenvalue weighted by Crippen LogP contribution is -2.17. The van der Waals surface area contributed by atoms with Gasteiger partial charge in [0.15, 0.2) is 11.4 Å². The van der Waals surface area contributed by atoms with E-state index in [0.29, 0.717) is 6.61 Å². The van der Waals surface area contributed by atoms with Gasteiger partial charge in [0.2, 0.25) is 0 Å². The molecule has 0 aliphatic heterocycles. The van der Waals surface area contributed by atoms with E-state index in [1.165, 1.54) is 5.56 Å². The van der Waals surface area contributed by atoms with Crippen molar-refractivity contribution >= 4 is 5.65 Å². The molecule has 0 bridgehead atoms. The van der Waals surface area contributed by atoms with Gasteiger partial charge in [0.05, 0.1) is 12.3 Å². The van der Waals surface area contributed by atoms with Gasteiger partial charge in [-0.2, -0.15) is 0 Å². The van der Waals surface area contributed by atoms with Crippen molar-refractivity contribution in [3.63, 3.8) is 0 Å². The van der Waals surface area contributed by atoms with Gasteiger partial charge in [0.25, 0.3) is 0 Å². The standard InChI is InChI=1S/C20H25N3O/c1-3-21-16(2)18-15-23-13-7-12-19(20(23)22-18)24-14-8-11-17-9-5-4-6-10-17/h4-7,9-10,12-13,15-16,21H,3,8,11,14H2,1-2H3. The molecule has 0 amide bonds. The van der Waals surface area contributed by atoms with Crippen LogP contribution in [0, 0.1) is 0 Å². The lowest BCUT2D eigenvalue weighted by Gasteiger charge is -2.08. The fourth-order valence-corrected chi connectivity index (χ4v) is 2.84. The summed E-state index contributed by atoms with van der Waals surface area (Å²) in [5.74, 6) is 0.848. The Balaban J connectivity index is 1.63. The normalized spacial score (nSPS) is 12.4. The van der Waals surface area contributed by atoms with Crippen LogP contribution in [0.15, 0.2) is 54.9 Å². The Labute approximate surface area is 143 Å². The second kappa shape index (κ2) is 7.97. The number of nitrogens with zero attached hydrogens (tertiary/aromatic N) is 2. The number of pyridine rings is 1. The average Bonchev–Trinajstić information content (AvgIpc) is 3.05. The summed E-state index contributed by atoms with van der Waals surface area (Å²) in [5, 5.41) is 3.40. The minimum absolute atomic E-state index is 0.237. The maximum Gasteiger partial charge on any atom is 0.179 e. The Morgan fingerprint density at radius 3 is 2.79 bits per heavy atom. The SMILES string of the molecule is CCNC(C)c1cn2cccc(OCCCc3ccccc3)c2n1. The molecule has 0 aliphatic carbocycles. The number of ether oxygens (including phenoxy) is 1. The molecule has 1 aromatic carbocycles. The van der Waals surface area contributed by atoms with Gasteiger partial charge in [-0.1, -0.05) is 37.3 Å². The molecule has 0 spiro atoms. The van der Waals surface area contributed by atoms with E-state index in [-0.39, 0.29) is 6.04 Å². The zero-order valence-corrected chi connectivity index (χ0v) is 14.4. The number of rotatable bonds is 8. The Morgan fingerprint density at radius 1 is 1.17 bits per heavy atom. The molecule has 0 saturated heterocycles. The lowest BCUT2D eigenvalue weighted by atomic mass is 10.1. The minimum Gasteiger partial charge on any atom is -0.490 e. The first-order chi connectivity index (χ1) is 11.8. The number of fused-ring (bicyclic) bond motifs is 1. The molecule has 4 heteroatoms. The molecule has 1 N–H and O–H groups in total. The number of nitrogens with one attached hydrogen (secondary N) is 1. The molecule has 4 nitrogen and oxygen atoms in total. The van der Waals surface area contributed by atoms with Crippen LogP contribution in [0.4, 0.5) is 0 Å². The Bertz CT molecular complexity index is 767. The van der Waals surface area contributed by atoms with Gasteiger partial charge in [-0.15, -0.1) is 0 Å². The van der Waals surface area contributed by atoms with E-state index in [0.717, 1.165) is 36.5 Å². The molecule has 2 heterocycles. The van der Waals surface area contributed by atoms with E-state index in [1.807, 2.05) is 28.8 Å². The summed E-state index contributed by atoms with van der Waals surface area (Å²) in [6, 6.07) is 14.7. The number of benzene rings is 1. The molecule has 1 unspecified atom stereocenters. The summed E-state index contributed by atoms with van der Waals surface area (Å²) in [6.07, 6.45) is 6.11. The first-order valence-electron chi connectivity index (χ1n) is 8.65. The van der Waals surface area contributed by atoms with Crippen LogP contribution in [0.1, 0.15) is 37.6 Å². The zero-order chi connectivity index (χ0) is 16.8. The summed E-state index contributed by atoms with van der Waals surface area (Å²) < 4.78 is 8.03. The number of hydrogen-bond acceptors (Lipinski definition) is 3. The lowest BCUT2D eigenvalue weighted by molar-refractivity contribution is 0.313. The number of aromatic nitrogens is 2. The summed E-state index contributed by atoms with van der Waals surface area (Å²) in [4.78, 5) is 4.74. The fourth-order valence-electron chi connectivity index (χ4n) is 2.84. The van der Waals surface area contributed by atoms with Gasteiger partial charge < -0.3 is 14.5 Å². The Morgan fingerprint density at radius 2 is 2.00 bits per heavy atom. The summed E-state index contributed by atoms with van der Waals surface area (Å²) in [5.41, 5.74) is 3.27. The van der Waals surface area contributed by atoms with Crippen molar-refractivity contribution in [2.45, 2.75) is 32.7 Å². The molecule has 126 valence electrons. The van der Waals surface area contributed by atoms with Crippen LogP contribution < -0.4 is 10.1 Å². The third-order valence-corrected chi connectivity index (χ3v) is 4.13. The van der Waals surface area contributed by atoms with Crippen molar-refractivity contribution in [2.24, 2.45) is 0 Å².